The molecule has 132 valence electrons. The van der Waals surface area contributed by atoms with Gasteiger partial charge in [0.15, 0.2) is 0 Å². The van der Waals surface area contributed by atoms with Crippen molar-refractivity contribution in [2.75, 3.05) is 11.9 Å². The summed E-state index contributed by atoms with van der Waals surface area (Å²) in [6.45, 7) is 0.104. The number of anilines is 1. The number of alkyl halides is 3. The maximum atomic E-state index is 12.8. The van der Waals surface area contributed by atoms with Gasteiger partial charge in [-0.05, 0) is 35.9 Å². The number of sulfonamides is 1. The van der Waals surface area contributed by atoms with Crippen molar-refractivity contribution in [1.29, 1.82) is 5.26 Å². The lowest BCUT2D eigenvalue weighted by atomic mass is 10.1. The van der Waals surface area contributed by atoms with Crippen LogP contribution in [0.3, 0.4) is 0 Å². The Bertz CT molecular complexity index is 934. The monoisotopic (exact) mass is 369 g/mol. The molecule has 0 unspecified atom stereocenters. The predicted octanol–water partition coefficient (Wildman–Crippen LogP) is 2.86. The molecule has 9 heteroatoms. The second kappa shape index (κ2) is 6.74. The summed E-state index contributed by atoms with van der Waals surface area (Å²) in [6, 6.07) is 10.5. The maximum absolute atomic E-state index is 12.8. The van der Waals surface area contributed by atoms with E-state index in [2.05, 4.69) is 0 Å². The smallest absolute Gasteiger partial charge is 0.369 e. The third-order valence-corrected chi connectivity index (χ3v) is 4.41. The Morgan fingerprint density at radius 3 is 2.44 bits per heavy atom. The summed E-state index contributed by atoms with van der Waals surface area (Å²) in [6.07, 6.45) is -4.44. The standard InChI is InChI=1S/C16H14F3N3O2S/c1-22(10-11-3-2-4-13(7-11)16(17,18)19)15-6-5-14(25(21,23)24)8-12(15)9-20/h2-8H,10H2,1H3,(H2,21,23,24). The summed E-state index contributed by atoms with van der Waals surface area (Å²) < 4.78 is 61.0. The average Bonchev–Trinajstić information content (AvgIpc) is 2.52. The highest BCUT2D eigenvalue weighted by molar-refractivity contribution is 7.89. The Kier molecular flexibility index (Phi) is 5.06. The quantitative estimate of drug-likeness (QED) is 0.898. The zero-order chi connectivity index (χ0) is 18.8. The number of primary sulfonamides is 1. The van der Waals surface area contributed by atoms with Gasteiger partial charge in [-0.3, -0.25) is 0 Å². The summed E-state index contributed by atoms with van der Waals surface area (Å²) in [5.74, 6) is 0. The van der Waals surface area contributed by atoms with E-state index in [0.29, 0.717) is 11.3 Å². The van der Waals surface area contributed by atoms with Gasteiger partial charge in [0.25, 0.3) is 0 Å². The third-order valence-electron chi connectivity index (χ3n) is 3.50. The van der Waals surface area contributed by atoms with E-state index in [9.17, 15) is 26.9 Å². The highest BCUT2D eigenvalue weighted by atomic mass is 32.2. The summed E-state index contributed by atoms with van der Waals surface area (Å²) in [5.41, 5.74) is 0.0773. The van der Waals surface area contributed by atoms with Crippen molar-refractivity contribution in [1.82, 2.24) is 0 Å². The Balaban J connectivity index is 2.33. The lowest BCUT2D eigenvalue weighted by molar-refractivity contribution is -0.137. The summed E-state index contributed by atoms with van der Waals surface area (Å²) >= 11 is 0. The average molecular weight is 369 g/mol. The molecule has 0 saturated heterocycles. The van der Waals surface area contributed by atoms with Crippen LogP contribution in [0.5, 0.6) is 0 Å². The molecular formula is C16H14F3N3O2S. The molecule has 5 nitrogen and oxygen atoms in total. The lowest BCUT2D eigenvalue weighted by Gasteiger charge is -2.21. The molecule has 0 aromatic heterocycles. The van der Waals surface area contributed by atoms with Gasteiger partial charge in [0, 0.05) is 13.6 Å². The molecule has 0 aliphatic rings. The van der Waals surface area contributed by atoms with Crippen molar-refractivity contribution in [3.8, 4) is 6.07 Å². The molecule has 0 fully saturated rings. The van der Waals surface area contributed by atoms with E-state index in [1.54, 1.807) is 11.9 Å². The summed E-state index contributed by atoms with van der Waals surface area (Å²) in [7, 11) is -2.36. The van der Waals surface area contributed by atoms with Crippen LogP contribution in [0.25, 0.3) is 0 Å². The minimum absolute atomic E-state index is 0.0565. The zero-order valence-electron chi connectivity index (χ0n) is 13.1. The van der Waals surface area contributed by atoms with Crippen molar-refractivity contribution in [3.63, 3.8) is 0 Å². The number of nitrogens with two attached hydrogens (primary N) is 1. The largest absolute Gasteiger partial charge is 0.416 e. The molecule has 2 N–H and O–H groups in total. The molecule has 0 spiro atoms. The molecule has 0 saturated carbocycles. The van der Waals surface area contributed by atoms with Crippen LogP contribution in [0.1, 0.15) is 16.7 Å². The van der Waals surface area contributed by atoms with Crippen LogP contribution in [0, 0.1) is 11.3 Å². The van der Waals surface area contributed by atoms with Crippen LogP contribution in [0.2, 0.25) is 0 Å². The lowest BCUT2D eigenvalue weighted by Crippen LogP contribution is -2.19. The number of halogens is 3. The SMILES string of the molecule is CN(Cc1cccc(C(F)(F)F)c1)c1ccc(S(N)(=O)=O)cc1C#N. The first kappa shape index (κ1) is 18.8. The molecule has 0 bridgehead atoms. The van der Waals surface area contributed by atoms with Gasteiger partial charge in [-0.2, -0.15) is 18.4 Å². The van der Waals surface area contributed by atoms with Crippen LogP contribution in [-0.4, -0.2) is 15.5 Å². The molecule has 0 aliphatic heterocycles. The predicted molar refractivity (Wildman–Crippen MR) is 86.1 cm³/mol. The van der Waals surface area contributed by atoms with E-state index in [0.717, 1.165) is 18.2 Å². The summed E-state index contributed by atoms with van der Waals surface area (Å²) in [4.78, 5) is 1.35. The van der Waals surface area contributed by atoms with Crippen LogP contribution >= 0.6 is 0 Å². The van der Waals surface area contributed by atoms with Crippen LogP contribution < -0.4 is 10.0 Å². The third kappa shape index (κ3) is 4.49. The fourth-order valence-electron chi connectivity index (χ4n) is 2.32. The highest BCUT2D eigenvalue weighted by Gasteiger charge is 2.30. The first-order chi connectivity index (χ1) is 11.5. The topological polar surface area (TPSA) is 87.2 Å². The van der Waals surface area contributed by atoms with Gasteiger partial charge in [-0.1, -0.05) is 12.1 Å². The fraction of sp³-hybridized carbons (Fsp3) is 0.188. The zero-order valence-corrected chi connectivity index (χ0v) is 13.9. The molecular weight excluding hydrogens is 355 g/mol. The van der Waals surface area contributed by atoms with Crippen molar-refractivity contribution in [2.24, 2.45) is 5.14 Å². The van der Waals surface area contributed by atoms with Gasteiger partial charge in [-0.25, -0.2) is 13.6 Å². The molecule has 25 heavy (non-hydrogen) atoms. The van der Waals surface area contributed by atoms with Crippen molar-refractivity contribution >= 4 is 15.7 Å². The van der Waals surface area contributed by atoms with E-state index in [-0.39, 0.29) is 17.0 Å². The van der Waals surface area contributed by atoms with E-state index >= 15 is 0 Å². The van der Waals surface area contributed by atoms with Crippen molar-refractivity contribution < 1.29 is 21.6 Å². The molecule has 2 aromatic carbocycles. The van der Waals surface area contributed by atoms with Gasteiger partial charge < -0.3 is 4.90 Å². The van der Waals surface area contributed by atoms with E-state index in [1.165, 1.54) is 24.3 Å². The Morgan fingerprint density at radius 2 is 1.88 bits per heavy atom. The molecule has 2 aromatic rings. The van der Waals surface area contributed by atoms with E-state index in [4.69, 9.17) is 5.14 Å². The van der Waals surface area contributed by atoms with Crippen LogP contribution in [-0.2, 0) is 22.7 Å². The number of nitriles is 1. The van der Waals surface area contributed by atoms with Gasteiger partial charge >= 0.3 is 6.18 Å². The number of hydrogen-bond acceptors (Lipinski definition) is 4. The number of nitrogens with zero attached hydrogens (tertiary/aromatic N) is 2. The first-order valence-electron chi connectivity index (χ1n) is 6.96. The van der Waals surface area contributed by atoms with Gasteiger partial charge in [0.1, 0.15) is 6.07 Å². The number of benzene rings is 2. The van der Waals surface area contributed by atoms with Crippen molar-refractivity contribution in [3.05, 3.63) is 59.2 Å². The number of rotatable bonds is 4. The van der Waals surface area contributed by atoms with Gasteiger partial charge in [-0.15, -0.1) is 0 Å². The second-order valence-electron chi connectivity index (χ2n) is 5.39. The molecule has 0 aliphatic carbocycles. The molecule has 0 radical (unpaired) electrons. The Morgan fingerprint density at radius 1 is 1.20 bits per heavy atom. The first-order valence-corrected chi connectivity index (χ1v) is 8.51. The Hall–Kier alpha value is -2.57. The fourth-order valence-corrected chi connectivity index (χ4v) is 2.86. The van der Waals surface area contributed by atoms with Gasteiger partial charge in [0.05, 0.1) is 21.7 Å². The second-order valence-corrected chi connectivity index (χ2v) is 6.95. The maximum Gasteiger partial charge on any atom is 0.416 e. The minimum Gasteiger partial charge on any atom is -0.369 e. The summed E-state index contributed by atoms with van der Waals surface area (Å²) in [5, 5.41) is 14.2. The van der Waals surface area contributed by atoms with E-state index in [1.807, 2.05) is 6.07 Å². The van der Waals surface area contributed by atoms with Crippen LogP contribution in [0.4, 0.5) is 18.9 Å². The molecule has 2 rings (SSSR count). The molecule has 0 amide bonds. The Labute approximate surface area is 143 Å². The minimum atomic E-state index is -4.44. The van der Waals surface area contributed by atoms with Crippen molar-refractivity contribution in [2.45, 2.75) is 17.6 Å². The normalized spacial score (nSPS) is 11.8. The van der Waals surface area contributed by atoms with Gasteiger partial charge in [0.2, 0.25) is 10.0 Å². The highest BCUT2D eigenvalue weighted by Crippen LogP contribution is 2.30. The molecule has 0 heterocycles. The van der Waals surface area contributed by atoms with E-state index < -0.39 is 21.8 Å². The number of hydrogen-bond donors (Lipinski definition) is 1. The van der Waals surface area contributed by atoms with Crippen LogP contribution in [0.15, 0.2) is 47.4 Å². The molecule has 0 atom stereocenters.